The van der Waals surface area contributed by atoms with Crippen molar-refractivity contribution < 1.29 is 34.0 Å². The summed E-state index contributed by atoms with van der Waals surface area (Å²) in [7, 11) is 1.31. The number of anilines is 1. The van der Waals surface area contributed by atoms with Gasteiger partial charge in [-0.2, -0.15) is 0 Å². The van der Waals surface area contributed by atoms with E-state index in [1.807, 2.05) is 0 Å². The lowest BCUT2D eigenvalue weighted by atomic mass is 9.99. The molecule has 1 amide bonds. The van der Waals surface area contributed by atoms with Gasteiger partial charge in [-0.15, -0.1) is 0 Å². The van der Waals surface area contributed by atoms with Crippen LogP contribution in [0.2, 0.25) is 0 Å². The number of carbonyl (C=O) groups excluding carboxylic acids is 1. The van der Waals surface area contributed by atoms with Crippen molar-refractivity contribution in [1.82, 2.24) is 0 Å². The van der Waals surface area contributed by atoms with Crippen LogP contribution in [0.25, 0.3) is 0 Å². The maximum atomic E-state index is 10.9. The zero-order valence-electron chi connectivity index (χ0n) is 12.5. The smallest absolute Gasteiger partial charge is 0.404 e. The molecule has 2 rings (SSSR count). The van der Waals surface area contributed by atoms with E-state index in [0.29, 0.717) is 11.4 Å². The fraction of sp³-hybridized carbons (Fsp3) is 0.500. The quantitative estimate of drug-likeness (QED) is 0.514. The number of nitrogens with two attached hydrogens (primary N) is 2. The number of hydrogen-bond acceptors (Lipinski definition) is 8. The number of carbonyl (C=O) groups is 1. The van der Waals surface area contributed by atoms with Gasteiger partial charge in [0.2, 0.25) is 0 Å². The summed E-state index contributed by atoms with van der Waals surface area (Å²) in [6.07, 6.45) is -7.12. The van der Waals surface area contributed by atoms with Crippen LogP contribution < -0.4 is 16.2 Å². The van der Waals surface area contributed by atoms with Crippen molar-refractivity contribution in [2.24, 2.45) is 5.73 Å². The van der Waals surface area contributed by atoms with Crippen molar-refractivity contribution in [2.75, 3.05) is 19.5 Å². The highest BCUT2D eigenvalue weighted by molar-refractivity contribution is 5.65. The van der Waals surface area contributed by atoms with Crippen LogP contribution in [0.5, 0.6) is 5.75 Å². The Kier molecular flexibility index (Phi) is 5.61. The molecule has 1 aliphatic rings. The molecular weight excluding hydrogens is 308 g/mol. The molecule has 0 spiro atoms. The second-order valence-electron chi connectivity index (χ2n) is 5.04. The third-order valence-corrected chi connectivity index (χ3v) is 3.42. The third-order valence-electron chi connectivity index (χ3n) is 3.42. The monoisotopic (exact) mass is 328 g/mol. The Bertz CT molecular complexity index is 524. The van der Waals surface area contributed by atoms with E-state index in [4.69, 9.17) is 30.4 Å². The van der Waals surface area contributed by atoms with Crippen molar-refractivity contribution >= 4 is 11.8 Å². The third kappa shape index (κ3) is 4.23. The number of methoxy groups -OCH3 is 1. The molecule has 1 saturated heterocycles. The van der Waals surface area contributed by atoms with Crippen molar-refractivity contribution in [3.05, 3.63) is 24.3 Å². The van der Waals surface area contributed by atoms with Crippen molar-refractivity contribution in [3.63, 3.8) is 0 Å². The Morgan fingerprint density at radius 1 is 1.26 bits per heavy atom. The molecule has 0 radical (unpaired) electrons. The second-order valence-corrected chi connectivity index (χ2v) is 5.04. The normalized spacial score (nSPS) is 30.7. The van der Waals surface area contributed by atoms with Crippen LogP contribution in [-0.4, -0.2) is 60.7 Å². The van der Waals surface area contributed by atoms with Crippen LogP contribution in [0.3, 0.4) is 0 Å². The van der Waals surface area contributed by atoms with Crippen molar-refractivity contribution in [3.8, 4) is 5.75 Å². The summed E-state index contributed by atoms with van der Waals surface area (Å²) >= 11 is 0. The molecule has 23 heavy (non-hydrogen) atoms. The van der Waals surface area contributed by atoms with Gasteiger partial charge in [0.15, 0.2) is 12.4 Å². The van der Waals surface area contributed by atoms with Crippen LogP contribution in [-0.2, 0) is 14.2 Å². The van der Waals surface area contributed by atoms with Crippen LogP contribution in [0.1, 0.15) is 0 Å². The molecule has 0 aromatic heterocycles. The van der Waals surface area contributed by atoms with Gasteiger partial charge in [0.05, 0.1) is 0 Å². The Morgan fingerprint density at radius 3 is 2.48 bits per heavy atom. The van der Waals surface area contributed by atoms with Crippen LogP contribution >= 0.6 is 0 Å². The first-order chi connectivity index (χ1) is 10.9. The molecule has 9 heteroatoms. The number of amides is 1. The highest BCUT2D eigenvalue weighted by Gasteiger charge is 2.47. The highest BCUT2D eigenvalue weighted by Crippen LogP contribution is 2.25. The molecular formula is C14H20N2O7. The average Bonchev–Trinajstić information content (AvgIpc) is 2.52. The van der Waals surface area contributed by atoms with Gasteiger partial charge in [-0.05, 0) is 24.3 Å². The number of primary amides is 1. The standard InChI is InChI=1S/C14H20N2O7/c1-20-13-11(18)12(23-14(16)19)10(17)9(22-13)6-21-8-4-2-7(15)3-5-8/h2-5,9-13,17-18H,6,15H2,1H3,(H2,16,19)/t9-,10-,11+,12+,13+/m1/s1. The number of nitrogen functional groups attached to an aromatic ring is 1. The molecule has 1 fully saturated rings. The predicted molar refractivity (Wildman–Crippen MR) is 78.5 cm³/mol. The molecule has 0 unspecified atom stereocenters. The molecule has 0 saturated carbocycles. The van der Waals surface area contributed by atoms with E-state index < -0.39 is 36.8 Å². The van der Waals surface area contributed by atoms with Crippen LogP contribution in [0.4, 0.5) is 10.5 Å². The Labute approximate surface area is 132 Å². The highest BCUT2D eigenvalue weighted by atomic mass is 16.7. The van der Waals surface area contributed by atoms with Crippen molar-refractivity contribution in [1.29, 1.82) is 0 Å². The molecule has 1 aromatic carbocycles. The fourth-order valence-corrected chi connectivity index (χ4v) is 2.25. The first-order valence-corrected chi connectivity index (χ1v) is 6.91. The summed E-state index contributed by atoms with van der Waals surface area (Å²) in [5.74, 6) is 0.516. The van der Waals surface area contributed by atoms with Gasteiger partial charge in [-0.3, -0.25) is 0 Å². The van der Waals surface area contributed by atoms with Crippen molar-refractivity contribution in [2.45, 2.75) is 30.7 Å². The first kappa shape index (κ1) is 17.3. The molecule has 0 aliphatic carbocycles. The summed E-state index contributed by atoms with van der Waals surface area (Å²) in [5, 5.41) is 20.2. The Hall–Kier alpha value is -2.07. The van der Waals surface area contributed by atoms with E-state index >= 15 is 0 Å². The lowest BCUT2D eigenvalue weighted by molar-refractivity contribution is -0.292. The van der Waals surface area contributed by atoms with Crippen LogP contribution in [0, 0.1) is 0 Å². The zero-order chi connectivity index (χ0) is 17.0. The van der Waals surface area contributed by atoms with Crippen LogP contribution in [0.15, 0.2) is 24.3 Å². The molecule has 9 nitrogen and oxygen atoms in total. The predicted octanol–water partition coefficient (Wildman–Crippen LogP) is -0.795. The molecule has 1 heterocycles. The zero-order valence-corrected chi connectivity index (χ0v) is 12.5. The topological polar surface area (TPSA) is 146 Å². The molecule has 0 bridgehead atoms. The van der Waals surface area contributed by atoms with E-state index in [2.05, 4.69) is 0 Å². The van der Waals surface area contributed by atoms with E-state index in [1.165, 1.54) is 7.11 Å². The van der Waals surface area contributed by atoms with Gasteiger partial charge >= 0.3 is 6.09 Å². The molecule has 5 atom stereocenters. The van der Waals surface area contributed by atoms with Gasteiger partial charge in [0.25, 0.3) is 0 Å². The summed E-state index contributed by atoms with van der Waals surface area (Å²) in [6.45, 7) is -0.0592. The lowest BCUT2D eigenvalue weighted by Crippen LogP contribution is -2.61. The first-order valence-electron chi connectivity index (χ1n) is 6.91. The molecule has 128 valence electrons. The second kappa shape index (κ2) is 7.47. The van der Waals surface area contributed by atoms with Gasteiger partial charge < -0.3 is 40.6 Å². The van der Waals surface area contributed by atoms with E-state index in [0.717, 1.165) is 0 Å². The van der Waals surface area contributed by atoms with Gasteiger partial charge in [0.1, 0.15) is 30.7 Å². The fourth-order valence-electron chi connectivity index (χ4n) is 2.25. The van der Waals surface area contributed by atoms with E-state index in [-0.39, 0.29) is 6.61 Å². The summed E-state index contributed by atoms with van der Waals surface area (Å²) in [6, 6.07) is 6.64. The summed E-state index contributed by atoms with van der Waals surface area (Å²) in [4.78, 5) is 10.9. The number of ether oxygens (including phenoxy) is 4. The minimum absolute atomic E-state index is 0.0592. The number of hydrogen-bond donors (Lipinski definition) is 4. The average molecular weight is 328 g/mol. The molecule has 6 N–H and O–H groups in total. The van der Waals surface area contributed by atoms with E-state index in [9.17, 15) is 15.0 Å². The maximum absolute atomic E-state index is 10.9. The SMILES string of the molecule is CO[C@H]1O[C@H](COc2ccc(N)cc2)[C@@H](O)[C@H](OC(N)=O)[C@@H]1O. The summed E-state index contributed by atoms with van der Waals surface area (Å²) < 4.78 is 20.6. The largest absolute Gasteiger partial charge is 0.491 e. The molecule has 1 aliphatic heterocycles. The number of benzene rings is 1. The lowest BCUT2D eigenvalue weighted by Gasteiger charge is -2.40. The maximum Gasteiger partial charge on any atom is 0.404 e. The summed E-state index contributed by atoms with van der Waals surface area (Å²) in [5.41, 5.74) is 11.1. The van der Waals surface area contributed by atoms with Gasteiger partial charge in [-0.1, -0.05) is 0 Å². The minimum atomic E-state index is -1.38. The Balaban J connectivity index is 2.04. The number of rotatable bonds is 5. The van der Waals surface area contributed by atoms with Gasteiger partial charge in [-0.25, -0.2) is 4.79 Å². The Morgan fingerprint density at radius 2 is 1.91 bits per heavy atom. The van der Waals surface area contributed by atoms with Gasteiger partial charge in [0, 0.05) is 12.8 Å². The number of aliphatic hydroxyl groups is 2. The van der Waals surface area contributed by atoms with E-state index in [1.54, 1.807) is 24.3 Å². The minimum Gasteiger partial charge on any atom is -0.491 e. The molecule has 1 aromatic rings. The number of aliphatic hydroxyl groups excluding tert-OH is 2.